The van der Waals surface area contributed by atoms with Gasteiger partial charge in [0, 0.05) is 19.1 Å². The first-order valence-electron chi connectivity index (χ1n) is 13.0. The summed E-state index contributed by atoms with van der Waals surface area (Å²) in [7, 11) is -4.37. The molecule has 0 fully saturated rings. The molecular weight excluding hydrogens is 461 g/mol. The Morgan fingerprint density at radius 3 is 1.74 bits per heavy atom. The number of hydrogen-bond donors (Lipinski definition) is 0. The molecule has 2 nitrogen and oxygen atoms in total. The van der Waals surface area contributed by atoms with Crippen LogP contribution in [0.5, 0.6) is 0 Å². The maximum Gasteiger partial charge on any atom is 0.261 e. The van der Waals surface area contributed by atoms with Crippen molar-refractivity contribution in [1.29, 1.82) is 0 Å². The summed E-state index contributed by atoms with van der Waals surface area (Å²) < 4.78 is 14.0. The third-order valence-corrected chi connectivity index (χ3v) is 17.1. The van der Waals surface area contributed by atoms with Crippen molar-refractivity contribution in [1.82, 2.24) is 0 Å². The fourth-order valence-electron chi connectivity index (χ4n) is 4.51. The molecule has 2 aromatic rings. The summed E-state index contributed by atoms with van der Waals surface area (Å²) in [6, 6.07) is 21.8. The van der Waals surface area contributed by atoms with E-state index < -0.39 is 16.6 Å². The van der Waals surface area contributed by atoms with Crippen LogP contribution < -0.4 is 10.4 Å². The summed E-state index contributed by atoms with van der Waals surface area (Å²) in [6.45, 7) is 25.3. The Labute approximate surface area is 217 Å². The van der Waals surface area contributed by atoms with Crippen molar-refractivity contribution in [3.05, 3.63) is 78.5 Å². The number of hydrogen-bond acceptors (Lipinski definition) is 2. The zero-order valence-corrected chi connectivity index (χ0v) is 25.7. The highest BCUT2D eigenvalue weighted by molar-refractivity contribution is 6.99. The Balaban J connectivity index is 2.28. The van der Waals surface area contributed by atoms with Crippen molar-refractivity contribution in [3.63, 3.8) is 0 Å². The molecule has 2 rings (SSSR count). The van der Waals surface area contributed by atoms with Crippen LogP contribution in [0.3, 0.4) is 0 Å². The highest BCUT2D eigenvalue weighted by Gasteiger charge is 2.50. The van der Waals surface area contributed by atoms with Gasteiger partial charge in [-0.3, -0.25) is 0 Å². The minimum atomic E-state index is -2.50. The maximum atomic E-state index is 7.11. The van der Waals surface area contributed by atoms with E-state index in [9.17, 15) is 0 Å². The predicted octanol–water partition coefficient (Wildman–Crippen LogP) is 7.85. The quantitative estimate of drug-likeness (QED) is 0.175. The molecule has 0 radical (unpaired) electrons. The van der Waals surface area contributed by atoms with Crippen LogP contribution >= 0.6 is 0 Å². The fraction of sp³-hybridized carbons (Fsp3) is 0.516. The molecule has 0 N–H and O–H groups in total. The average Bonchev–Trinajstić information content (AvgIpc) is 2.78. The summed E-state index contributed by atoms with van der Waals surface area (Å²) in [5.74, 6) is 0. The van der Waals surface area contributed by atoms with E-state index in [1.165, 1.54) is 15.9 Å². The molecule has 0 aliphatic carbocycles. The fourth-order valence-corrected chi connectivity index (χ4v) is 10.5. The van der Waals surface area contributed by atoms with Gasteiger partial charge in [0.2, 0.25) is 0 Å². The van der Waals surface area contributed by atoms with Gasteiger partial charge < -0.3 is 8.85 Å². The maximum absolute atomic E-state index is 7.11. The van der Waals surface area contributed by atoms with E-state index >= 15 is 0 Å². The Morgan fingerprint density at radius 1 is 0.857 bits per heavy atom. The lowest BCUT2D eigenvalue weighted by atomic mass is 10.1. The highest BCUT2D eigenvalue weighted by Crippen LogP contribution is 2.39. The van der Waals surface area contributed by atoms with Gasteiger partial charge in [-0.1, -0.05) is 109 Å². The standard InChI is InChI=1S/C31H48O2Si2/c1-11-26(2)25-27(33-34(9,10)30(3,4)5)19-18-24-32-35(31(6,7)8,28-20-14-12-15-21-28)29-22-16-13-17-23-29/h12-17,20-23,27H,1,18-19,24-25H2,2-10H3/t27-/m0/s1. The van der Waals surface area contributed by atoms with Gasteiger partial charge >= 0.3 is 0 Å². The monoisotopic (exact) mass is 508 g/mol. The van der Waals surface area contributed by atoms with Crippen molar-refractivity contribution in [2.45, 2.75) is 97.0 Å². The van der Waals surface area contributed by atoms with Gasteiger partial charge in [-0.05, 0) is 58.9 Å². The van der Waals surface area contributed by atoms with Gasteiger partial charge in [-0.25, -0.2) is 0 Å². The second-order valence-corrected chi connectivity index (χ2v) is 21.4. The normalized spacial score (nSPS) is 13.9. The summed E-state index contributed by atoms with van der Waals surface area (Å²) in [6.07, 6.45) is 3.00. The molecule has 0 amide bonds. The SMILES string of the molecule is C=C=C(C)C[C@H](CCCO[Si](c1ccccc1)(c1ccccc1)C(C)(C)C)O[Si](C)(C)C(C)(C)C. The van der Waals surface area contributed by atoms with Crippen LogP contribution in [0.1, 0.15) is 67.7 Å². The molecule has 35 heavy (non-hydrogen) atoms. The lowest BCUT2D eigenvalue weighted by Crippen LogP contribution is -2.66. The molecule has 0 saturated heterocycles. The van der Waals surface area contributed by atoms with Crippen LogP contribution in [0.2, 0.25) is 23.2 Å². The second kappa shape index (κ2) is 12.0. The molecule has 2 aromatic carbocycles. The summed E-state index contributed by atoms with van der Waals surface area (Å²) >= 11 is 0. The Hall–Kier alpha value is -1.69. The van der Waals surface area contributed by atoms with Crippen LogP contribution in [0.15, 0.2) is 78.5 Å². The minimum Gasteiger partial charge on any atom is -0.414 e. The first-order valence-corrected chi connectivity index (χ1v) is 17.8. The predicted molar refractivity (Wildman–Crippen MR) is 158 cm³/mol. The van der Waals surface area contributed by atoms with E-state index in [1.807, 2.05) is 0 Å². The molecule has 0 unspecified atom stereocenters. The smallest absolute Gasteiger partial charge is 0.261 e. The van der Waals surface area contributed by atoms with Crippen LogP contribution in [-0.4, -0.2) is 29.3 Å². The third-order valence-electron chi connectivity index (χ3n) is 7.51. The molecule has 192 valence electrons. The van der Waals surface area contributed by atoms with Gasteiger partial charge in [-0.15, -0.1) is 5.73 Å². The third kappa shape index (κ3) is 7.41. The number of rotatable bonds is 11. The van der Waals surface area contributed by atoms with Gasteiger partial charge in [-0.2, -0.15) is 0 Å². The second-order valence-electron chi connectivity index (χ2n) is 12.3. The highest BCUT2D eigenvalue weighted by atomic mass is 28.4. The number of benzene rings is 2. The summed E-state index contributed by atoms with van der Waals surface area (Å²) in [5, 5.41) is 2.84. The van der Waals surface area contributed by atoms with Gasteiger partial charge in [0.25, 0.3) is 8.32 Å². The first-order chi connectivity index (χ1) is 16.2. The van der Waals surface area contributed by atoms with E-state index in [0.717, 1.165) is 25.9 Å². The summed E-state index contributed by atoms with van der Waals surface area (Å²) in [4.78, 5) is 0. The molecule has 0 aromatic heterocycles. The lowest BCUT2D eigenvalue weighted by Gasteiger charge is -2.43. The molecule has 0 heterocycles. The first kappa shape index (κ1) is 29.5. The Bertz CT molecular complexity index is 923. The van der Waals surface area contributed by atoms with Crippen LogP contribution in [0, 0.1) is 0 Å². The van der Waals surface area contributed by atoms with E-state index in [-0.39, 0.29) is 16.2 Å². The Morgan fingerprint density at radius 2 is 1.34 bits per heavy atom. The van der Waals surface area contributed by atoms with E-state index in [2.05, 4.69) is 135 Å². The van der Waals surface area contributed by atoms with Crippen molar-refractivity contribution in [3.8, 4) is 0 Å². The average molecular weight is 509 g/mol. The zero-order valence-electron chi connectivity index (χ0n) is 23.7. The lowest BCUT2D eigenvalue weighted by molar-refractivity contribution is 0.157. The minimum absolute atomic E-state index is 0.00505. The van der Waals surface area contributed by atoms with Crippen molar-refractivity contribution >= 4 is 27.0 Å². The topological polar surface area (TPSA) is 18.5 Å². The molecule has 0 saturated carbocycles. The Kier molecular flexibility index (Phi) is 10.2. The molecular formula is C31H48O2Si2. The van der Waals surface area contributed by atoms with Crippen molar-refractivity contribution in [2.75, 3.05) is 6.61 Å². The molecule has 0 aliphatic heterocycles. The van der Waals surface area contributed by atoms with E-state index in [1.54, 1.807) is 0 Å². The largest absolute Gasteiger partial charge is 0.414 e. The van der Waals surface area contributed by atoms with Crippen molar-refractivity contribution < 1.29 is 8.85 Å². The van der Waals surface area contributed by atoms with E-state index in [0.29, 0.717) is 0 Å². The van der Waals surface area contributed by atoms with Gasteiger partial charge in [0.15, 0.2) is 8.32 Å². The van der Waals surface area contributed by atoms with Crippen LogP contribution in [0.4, 0.5) is 0 Å². The zero-order chi connectivity index (χ0) is 26.3. The van der Waals surface area contributed by atoms with Crippen LogP contribution in [-0.2, 0) is 8.85 Å². The van der Waals surface area contributed by atoms with Gasteiger partial charge in [0.05, 0.1) is 0 Å². The molecule has 0 spiro atoms. The van der Waals surface area contributed by atoms with Crippen molar-refractivity contribution in [2.24, 2.45) is 0 Å². The molecule has 0 aliphatic rings. The van der Waals surface area contributed by atoms with Gasteiger partial charge in [0.1, 0.15) is 0 Å². The molecule has 1 atom stereocenters. The summed E-state index contributed by atoms with van der Waals surface area (Å²) in [5.41, 5.74) is 4.24. The van der Waals surface area contributed by atoms with Crippen LogP contribution in [0.25, 0.3) is 0 Å². The molecule has 0 bridgehead atoms. The molecule has 4 heteroatoms. The van der Waals surface area contributed by atoms with E-state index in [4.69, 9.17) is 8.85 Å².